The van der Waals surface area contributed by atoms with E-state index < -0.39 is 4.92 Å². The lowest BCUT2D eigenvalue weighted by molar-refractivity contribution is -0.384. The van der Waals surface area contributed by atoms with E-state index in [9.17, 15) is 10.1 Å². The van der Waals surface area contributed by atoms with Crippen LogP contribution in [0, 0.1) is 17.0 Å². The van der Waals surface area contributed by atoms with Crippen LogP contribution in [0.4, 0.5) is 5.69 Å². The molecule has 2 heterocycles. The SMILES string of the molecule is Cc1cc(Oc2cccnc2Br)nc(-c2cccc([N+](=O)[O-])c2)n1. The number of benzene rings is 1. The van der Waals surface area contributed by atoms with Gasteiger partial charge in [0.05, 0.1) is 4.92 Å². The smallest absolute Gasteiger partial charge is 0.270 e. The number of pyridine rings is 1. The van der Waals surface area contributed by atoms with Crippen LogP contribution in [0.25, 0.3) is 11.4 Å². The molecule has 0 atom stereocenters. The highest BCUT2D eigenvalue weighted by molar-refractivity contribution is 9.10. The summed E-state index contributed by atoms with van der Waals surface area (Å²) in [5.41, 5.74) is 1.21. The molecule has 7 nitrogen and oxygen atoms in total. The average Bonchev–Trinajstić information content (AvgIpc) is 2.56. The predicted molar refractivity (Wildman–Crippen MR) is 90.9 cm³/mol. The Kier molecular flexibility index (Phi) is 4.48. The van der Waals surface area contributed by atoms with Crippen LogP contribution in [0.5, 0.6) is 11.6 Å². The van der Waals surface area contributed by atoms with E-state index in [0.717, 1.165) is 0 Å². The van der Waals surface area contributed by atoms with Gasteiger partial charge in [0.15, 0.2) is 11.6 Å². The van der Waals surface area contributed by atoms with Crippen molar-refractivity contribution in [3.8, 4) is 23.0 Å². The summed E-state index contributed by atoms with van der Waals surface area (Å²) in [6.07, 6.45) is 1.64. The monoisotopic (exact) mass is 386 g/mol. The van der Waals surface area contributed by atoms with E-state index in [0.29, 0.717) is 33.3 Å². The van der Waals surface area contributed by atoms with Crippen LogP contribution in [0.3, 0.4) is 0 Å². The van der Waals surface area contributed by atoms with E-state index in [1.165, 1.54) is 12.1 Å². The molecule has 3 rings (SSSR count). The van der Waals surface area contributed by atoms with Crippen molar-refractivity contribution in [1.29, 1.82) is 0 Å². The minimum absolute atomic E-state index is 0.0184. The number of rotatable bonds is 4. The summed E-state index contributed by atoms with van der Waals surface area (Å²) in [6, 6.07) is 11.3. The van der Waals surface area contributed by atoms with E-state index >= 15 is 0 Å². The number of aromatic nitrogens is 3. The van der Waals surface area contributed by atoms with Crippen molar-refractivity contribution in [3.05, 3.63) is 69.1 Å². The molecule has 2 aromatic heterocycles. The van der Waals surface area contributed by atoms with Gasteiger partial charge in [-0.15, -0.1) is 0 Å². The summed E-state index contributed by atoms with van der Waals surface area (Å²) in [4.78, 5) is 23.2. The first-order chi connectivity index (χ1) is 11.5. The summed E-state index contributed by atoms with van der Waals surface area (Å²) < 4.78 is 6.29. The second kappa shape index (κ2) is 6.71. The quantitative estimate of drug-likeness (QED) is 0.376. The number of aryl methyl sites for hydroxylation is 1. The molecule has 0 unspecified atom stereocenters. The minimum Gasteiger partial charge on any atom is -0.436 e. The van der Waals surface area contributed by atoms with Gasteiger partial charge in [-0.05, 0) is 35.0 Å². The van der Waals surface area contributed by atoms with E-state index in [4.69, 9.17) is 4.74 Å². The van der Waals surface area contributed by atoms with E-state index in [1.54, 1.807) is 43.5 Å². The Morgan fingerprint density at radius 1 is 1.17 bits per heavy atom. The van der Waals surface area contributed by atoms with Crippen LogP contribution in [0.2, 0.25) is 0 Å². The van der Waals surface area contributed by atoms with Gasteiger partial charge >= 0.3 is 0 Å². The fourth-order valence-electron chi connectivity index (χ4n) is 2.04. The zero-order valence-electron chi connectivity index (χ0n) is 12.5. The third kappa shape index (κ3) is 3.54. The number of nitrogens with zero attached hydrogens (tertiary/aromatic N) is 4. The summed E-state index contributed by atoms with van der Waals surface area (Å²) in [5, 5.41) is 10.9. The lowest BCUT2D eigenvalue weighted by Crippen LogP contribution is -1.97. The van der Waals surface area contributed by atoms with Crippen LogP contribution < -0.4 is 4.74 Å². The number of halogens is 1. The highest BCUT2D eigenvalue weighted by Gasteiger charge is 2.12. The van der Waals surface area contributed by atoms with Crippen LogP contribution in [-0.2, 0) is 0 Å². The number of nitro benzene ring substituents is 1. The van der Waals surface area contributed by atoms with Gasteiger partial charge in [0, 0.05) is 35.7 Å². The Morgan fingerprint density at radius 3 is 2.75 bits per heavy atom. The number of ether oxygens (including phenoxy) is 1. The van der Waals surface area contributed by atoms with Gasteiger partial charge in [-0.1, -0.05) is 12.1 Å². The molecule has 0 radical (unpaired) electrons. The first-order valence-electron chi connectivity index (χ1n) is 6.92. The van der Waals surface area contributed by atoms with Crippen molar-refractivity contribution < 1.29 is 9.66 Å². The standard InChI is InChI=1S/C16H11BrN4O3/c1-10-8-14(24-13-6-3-7-18-15(13)17)20-16(19-10)11-4-2-5-12(9-11)21(22)23/h2-9H,1H3. The Balaban J connectivity index is 1.99. The third-order valence-electron chi connectivity index (χ3n) is 3.09. The van der Waals surface area contributed by atoms with Crippen LogP contribution in [0.1, 0.15) is 5.69 Å². The van der Waals surface area contributed by atoms with Crippen molar-refractivity contribution in [2.24, 2.45) is 0 Å². The minimum atomic E-state index is -0.455. The molecule has 0 aliphatic rings. The van der Waals surface area contributed by atoms with Crippen molar-refractivity contribution in [3.63, 3.8) is 0 Å². The lowest BCUT2D eigenvalue weighted by Gasteiger charge is -2.08. The lowest BCUT2D eigenvalue weighted by atomic mass is 10.2. The van der Waals surface area contributed by atoms with Gasteiger partial charge < -0.3 is 4.74 Å². The molecule has 0 saturated heterocycles. The third-order valence-corrected chi connectivity index (χ3v) is 3.68. The largest absolute Gasteiger partial charge is 0.436 e. The van der Waals surface area contributed by atoms with Crippen molar-refractivity contribution in [1.82, 2.24) is 15.0 Å². The summed E-state index contributed by atoms with van der Waals surface area (Å²) in [7, 11) is 0. The number of non-ortho nitro benzene ring substituents is 1. The molecule has 0 saturated carbocycles. The Labute approximate surface area is 145 Å². The van der Waals surface area contributed by atoms with Gasteiger partial charge in [0.1, 0.15) is 4.60 Å². The Bertz CT molecular complexity index is 917. The molecule has 24 heavy (non-hydrogen) atoms. The predicted octanol–water partition coefficient (Wildman–Crippen LogP) is 4.31. The van der Waals surface area contributed by atoms with E-state index in [1.807, 2.05) is 0 Å². The number of hydrogen-bond acceptors (Lipinski definition) is 6. The molecule has 0 aliphatic heterocycles. The maximum Gasteiger partial charge on any atom is 0.270 e. The van der Waals surface area contributed by atoms with Crippen LogP contribution in [-0.4, -0.2) is 19.9 Å². The van der Waals surface area contributed by atoms with Crippen molar-refractivity contribution in [2.75, 3.05) is 0 Å². The van der Waals surface area contributed by atoms with Crippen LogP contribution >= 0.6 is 15.9 Å². The second-order valence-corrected chi connectivity index (χ2v) is 5.62. The summed E-state index contributed by atoms with van der Waals surface area (Å²) in [6.45, 7) is 1.80. The molecule has 0 N–H and O–H groups in total. The molecule has 0 spiro atoms. The van der Waals surface area contributed by atoms with Crippen LogP contribution in [0.15, 0.2) is 53.3 Å². The topological polar surface area (TPSA) is 91.0 Å². The molecule has 0 bridgehead atoms. The van der Waals surface area contributed by atoms with Gasteiger partial charge in [-0.3, -0.25) is 10.1 Å². The Hall–Kier alpha value is -2.87. The number of nitro groups is 1. The highest BCUT2D eigenvalue weighted by Crippen LogP contribution is 2.28. The first-order valence-corrected chi connectivity index (χ1v) is 7.71. The fourth-order valence-corrected chi connectivity index (χ4v) is 2.37. The van der Waals surface area contributed by atoms with E-state index in [2.05, 4.69) is 30.9 Å². The zero-order valence-corrected chi connectivity index (χ0v) is 14.1. The fraction of sp³-hybridized carbons (Fsp3) is 0.0625. The van der Waals surface area contributed by atoms with E-state index in [-0.39, 0.29) is 5.69 Å². The Morgan fingerprint density at radius 2 is 2.00 bits per heavy atom. The van der Waals surface area contributed by atoms with Gasteiger partial charge in [0.25, 0.3) is 5.69 Å². The van der Waals surface area contributed by atoms with Gasteiger partial charge in [0.2, 0.25) is 5.88 Å². The number of hydrogen-bond donors (Lipinski definition) is 0. The molecule has 1 aromatic carbocycles. The molecule has 8 heteroatoms. The highest BCUT2D eigenvalue weighted by atomic mass is 79.9. The summed E-state index contributed by atoms with van der Waals surface area (Å²) in [5.74, 6) is 1.20. The second-order valence-electron chi connectivity index (χ2n) is 4.87. The molecule has 0 aliphatic carbocycles. The van der Waals surface area contributed by atoms with Gasteiger partial charge in [-0.25, -0.2) is 9.97 Å². The maximum absolute atomic E-state index is 10.9. The molecule has 0 amide bonds. The molecular formula is C16H11BrN4O3. The molecular weight excluding hydrogens is 376 g/mol. The van der Waals surface area contributed by atoms with Crippen molar-refractivity contribution >= 4 is 21.6 Å². The summed E-state index contributed by atoms with van der Waals surface area (Å²) >= 11 is 3.31. The molecule has 3 aromatic rings. The molecule has 120 valence electrons. The first kappa shape index (κ1) is 16.0. The average molecular weight is 387 g/mol. The maximum atomic E-state index is 10.9. The zero-order chi connectivity index (χ0) is 17.1. The molecule has 0 fully saturated rings. The van der Waals surface area contributed by atoms with Crippen molar-refractivity contribution in [2.45, 2.75) is 6.92 Å². The van der Waals surface area contributed by atoms with Gasteiger partial charge in [-0.2, -0.15) is 4.98 Å². The normalized spacial score (nSPS) is 10.4.